The normalized spacial score (nSPS) is 20.5. The summed E-state index contributed by atoms with van der Waals surface area (Å²) in [5, 5.41) is 10.2. The van der Waals surface area contributed by atoms with Crippen molar-refractivity contribution in [1.29, 1.82) is 0 Å². The molecule has 0 fully saturated rings. The fourth-order valence-corrected chi connectivity index (χ4v) is 7.51. The van der Waals surface area contributed by atoms with E-state index in [0.29, 0.717) is 23.7 Å². The molecule has 4 N–H and O–H groups in total. The number of hydrogen-bond donors (Lipinski definition) is 3. The predicted molar refractivity (Wildman–Crippen MR) is 155 cm³/mol. The van der Waals surface area contributed by atoms with Crippen molar-refractivity contribution < 1.29 is 27.5 Å². The molecular weight excluding hydrogens is 623 g/mol. The standard InChI is InChI=1S/C28H31BrF3N5O3S/c1-27(2,3)14-7-10-16-18(11-14)41-26(20(16)23(33)38)35-25(39)22-21(29)24-34-17(13-5-8-15(40-4)9-6-13)12-19(28(30,31)32)37(24)36-22/h5-6,8-9,14,17,19,34H,7,10-12H2,1-4H3,(H2,33,38)(H,35,39). The van der Waals surface area contributed by atoms with Crippen LogP contribution in [0.4, 0.5) is 24.0 Å². The Kier molecular flexibility index (Phi) is 7.64. The average Bonchev–Trinajstić information content (AvgIpc) is 3.43. The lowest BCUT2D eigenvalue weighted by Gasteiger charge is -2.33. The third-order valence-corrected chi connectivity index (χ3v) is 9.91. The zero-order chi connectivity index (χ0) is 29.9. The predicted octanol–water partition coefficient (Wildman–Crippen LogP) is 6.88. The monoisotopic (exact) mass is 653 g/mol. The fraction of sp³-hybridized carbons (Fsp3) is 0.464. The number of carbonyl (C=O) groups is 2. The van der Waals surface area contributed by atoms with Crippen molar-refractivity contribution in [2.24, 2.45) is 17.1 Å². The number of nitrogens with two attached hydrogens (primary N) is 1. The summed E-state index contributed by atoms with van der Waals surface area (Å²) in [4.78, 5) is 26.9. The van der Waals surface area contributed by atoms with Crippen molar-refractivity contribution in [3.8, 4) is 5.75 Å². The minimum absolute atomic E-state index is 0.0400. The van der Waals surface area contributed by atoms with Gasteiger partial charge in [0, 0.05) is 11.3 Å². The number of halogens is 4. The SMILES string of the molecule is COc1ccc(C2CC(C(F)(F)F)n3nc(C(=O)Nc4sc5c(c4C(N)=O)CCC(C(C)(C)C)C5)c(Br)c3N2)cc1. The van der Waals surface area contributed by atoms with Crippen molar-refractivity contribution in [3.05, 3.63) is 56.0 Å². The number of primary amides is 1. The largest absolute Gasteiger partial charge is 0.497 e. The first-order valence-electron chi connectivity index (χ1n) is 13.2. The molecule has 0 saturated heterocycles. The highest BCUT2D eigenvalue weighted by atomic mass is 79.9. The molecule has 220 valence electrons. The van der Waals surface area contributed by atoms with Gasteiger partial charge in [-0.25, -0.2) is 4.68 Å². The molecule has 0 radical (unpaired) electrons. The Morgan fingerprint density at radius 3 is 2.49 bits per heavy atom. The van der Waals surface area contributed by atoms with Crippen LogP contribution in [0.15, 0.2) is 28.7 Å². The van der Waals surface area contributed by atoms with E-state index in [9.17, 15) is 22.8 Å². The molecule has 0 bridgehead atoms. The second kappa shape index (κ2) is 10.6. The van der Waals surface area contributed by atoms with Crippen LogP contribution in [0.25, 0.3) is 0 Å². The molecule has 2 amide bonds. The highest BCUT2D eigenvalue weighted by Crippen LogP contribution is 2.47. The van der Waals surface area contributed by atoms with Crippen molar-refractivity contribution >= 4 is 49.9 Å². The number of methoxy groups -OCH3 is 1. The average molecular weight is 655 g/mol. The molecule has 13 heteroatoms. The topological polar surface area (TPSA) is 111 Å². The van der Waals surface area contributed by atoms with Gasteiger partial charge in [0.15, 0.2) is 11.7 Å². The van der Waals surface area contributed by atoms with Gasteiger partial charge in [-0.2, -0.15) is 18.3 Å². The molecule has 41 heavy (non-hydrogen) atoms. The number of amides is 2. The quantitative estimate of drug-likeness (QED) is 0.278. The summed E-state index contributed by atoms with van der Waals surface area (Å²) in [6, 6.07) is 4.11. The summed E-state index contributed by atoms with van der Waals surface area (Å²) in [5.74, 6) is -0.372. The van der Waals surface area contributed by atoms with Gasteiger partial charge in [-0.15, -0.1) is 11.3 Å². The van der Waals surface area contributed by atoms with Gasteiger partial charge in [0.25, 0.3) is 11.8 Å². The van der Waals surface area contributed by atoms with Crippen molar-refractivity contribution in [2.45, 2.75) is 64.7 Å². The molecule has 2 aromatic heterocycles. The van der Waals surface area contributed by atoms with E-state index in [1.807, 2.05) is 0 Å². The number of rotatable bonds is 5. The number of ether oxygens (including phenoxy) is 1. The summed E-state index contributed by atoms with van der Waals surface area (Å²) < 4.78 is 48.8. The van der Waals surface area contributed by atoms with E-state index in [4.69, 9.17) is 10.5 Å². The van der Waals surface area contributed by atoms with E-state index in [1.54, 1.807) is 24.3 Å². The van der Waals surface area contributed by atoms with E-state index in [0.717, 1.165) is 28.0 Å². The number of nitrogens with one attached hydrogen (secondary N) is 2. The number of carbonyl (C=O) groups excluding carboxylic acids is 2. The maximum atomic E-state index is 14.2. The lowest BCUT2D eigenvalue weighted by atomic mass is 9.72. The molecule has 1 aliphatic heterocycles. The molecule has 1 aromatic carbocycles. The number of thiophene rings is 1. The summed E-state index contributed by atoms with van der Waals surface area (Å²) in [6.07, 6.45) is -2.63. The van der Waals surface area contributed by atoms with Crippen LogP contribution < -0.4 is 21.1 Å². The highest BCUT2D eigenvalue weighted by molar-refractivity contribution is 9.10. The van der Waals surface area contributed by atoms with Crippen LogP contribution in [0.5, 0.6) is 5.75 Å². The number of fused-ring (bicyclic) bond motifs is 2. The summed E-state index contributed by atoms with van der Waals surface area (Å²) in [7, 11) is 1.51. The van der Waals surface area contributed by atoms with Crippen LogP contribution in [0.2, 0.25) is 0 Å². The van der Waals surface area contributed by atoms with Gasteiger partial charge in [-0.05, 0) is 69.8 Å². The van der Waals surface area contributed by atoms with E-state index in [-0.39, 0.29) is 38.4 Å². The summed E-state index contributed by atoms with van der Waals surface area (Å²) in [6.45, 7) is 6.52. The Morgan fingerprint density at radius 1 is 1.22 bits per heavy atom. The molecule has 3 heterocycles. The zero-order valence-electron chi connectivity index (χ0n) is 23.0. The Balaban J connectivity index is 1.47. The van der Waals surface area contributed by atoms with E-state index >= 15 is 0 Å². The first kappa shape index (κ1) is 29.4. The zero-order valence-corrected chi connectivity index (χ0v) is 25.4. The molecule has 8 nitrogen and oxygen atoms in total. The Hall–Kier alpha value is -3.06. The van der Waals surface area contributed by atoms with Gasteiger partial charge >= 0.3 is 6.18 Å². The number of aromatic nitrogens is 2. The van der Waals surface area contributed by atoms with Gasteiger partial charge in [0.05, 0.1) is 23.2 Å². The highest BCUT2D eigenvalue weighted by Gasteiger charge is 2.48. The Bertz CT molecular complexity index is 1490. The number of alkyl halides is 3. The lowest BCUT2D eigenvalue weighted by Crippen LogP contribution is -2.35. The maximum absolute atomic E-state index is 14.2. The van der Waals surface area contributed by atoms with Crippen molar-refractivity contribution in [1.82, 2.24) is 9.78 Å². The molecular formula is C28H31BrF3N5O3S. The van der Waals surface area contributed by atoms with Gasteiger partial charge in [-0.1, -0.05) is 32.9 Å². The van der Waals surface area contributed by atoms with Gasteiger partial charge in [0.2, 0.25) is 0 Å². The Morgan fingerprint density at radius 2 is 1.90 bits per heavy atom. The van der Waals surface area contributed by atoms with Crippen LogP contribution in [0, 0.1) is 11.3 Å². The van der Waals surface area contributed by atoms with Crippen LogP contribution >= 0.6 is 27.3 Å². The molecule has 1 aliphatic carbocycles. The first-order chi connectivity index (χ1) is 19.2. The molecule has 3 aromatic rings. The van der Waals surface area contributed by atoms with Crippen molar-refractivity contribution in [3.63, 3.8) is 0 Å². The summed E-state index contributed by atoms with van der Waals surface area (Å²) in [5.41, 5.74) is 7.30. The first-order valence-corrected chi connectivity index (χ1v) is 14.8. The fourth-order valence-electron chi connectivity index (χ4n) is 5.63. The number of hydrogen-bond acceptors (Lipinski definition) is 6. The Labute approximate surface area is 247 Å². The third-order valence-electron chi connectivity index (χ3n) is 7.99. The van der Waals surface area contributed by atoms with Crippen LogP contribution in [-0.4, -0.2) is 34.9 Å². The van der Waals surface area contributed by atoms with Gasteiger partial charge in [0.1, 0.15) is 16.6 Å². The minimum Gasteiger partial charge on any atom is -0.497 e. The van der Waals surface area contributed by atoms with Crippen LogP contribution in [0.3, 0.4) is 0 Å². The second-order valence-corrected chi connectivity index (χ2v) is 13.4. The summed E-state index contributed by atoms with van der Waals surface area (Å²) >= 11 is 4.61. The third kappa shape index (κ3) is 5.57. The molecule has 2 aliphatic rings. The van der Waals surface area contributed by atoms with Gasteiger partial charge < -0.3 is 21.1 Å². The maximum Gasteiger partial charge on any atom is 0.410 e. The number of nitrogens with zero attached hydrogens (tertiary/aromatic N) is 2. The molecule has 5 rings (SSSR count). The van der Waals surface area contributed by atoms with Crippen LogP contribution in [0.1, 0.15) is 82.5 Å². The molecule has 0 saturated carbocycles. The second-order valence-electron chi connectivity index (χ2n) is 11.6. The number of benzene rings is 1. The smallest absolute Gasteiger partial charge is 0.410 e. The van der Waals surface area contributed by atoms with E-state index < -0.39 is 30.1 Å². The molecule has 3 atom stereocenters. The van der Waals surface area contributed by atoms with E-state index in [1.165, 1.54) is 18.4 Å². The number of anilines is 2. The van der Waals surface area contributed by atoms with Gasteiger partial charge in [-0.3, -0.25) is 9.59 Å². The van der Waals surface area contributed by atoms with Crippen LogP contribution in [-0.2, 0) is 12.8 Å². The molecule has 0 spiro atoms. The van der Waals surface area contributed by atoms with Crippen molar-refractivity contribution in [2.75, 3.05) is 17.7 Å². The lowest BCUT2D eigenvalue weighted by molar-refractivity contribution is -0.173. The minimum atomic E-state index is -4.61. The molecule has 3 unspecified atom stereocenters. The van der Waals surface area contributed by atoms with E-state index in [2.05, 4.69) is 52.4 Å².